The van der Waals surface area contributed by atoms with Gasteiger partial charge in [0.25, 0.3) is 0 Å². The molecule has 1 atom stereocenters. The number of guanidine groups is 1. The van der Waals surface area contributed by atoms with Gasteiger partial charge in [0.1, 0.15) is 0 Å². The van der Waals surface area contributed by atoms with Gasteiger partial charge in [0.05, 0.1) is 12.2 Å². The molecule has 4 nitrogen and oxygen atoms in total. The lowest BCUT2D eigenvalue weighted by molar-refractivity contribution is 0.443. The smallest absolute Gasteiger partial charge is 0.191 e. The number of nitrogens with one attached hydrogen (secondary N) is 2. The molecule has 2 N–H and O–H groups in total. The summed E-state index contributed by atoms with van der Waals surface area (Å²) < 4.78 is 0. The van der Waals surface area contributed by atoms with E-state index in [2.05, 4.69) is 41.4 Å². The van der Waals surface area contributed by atoms with Crippen LogP contribution in [-0.2, 0) is 6.54 Å². The van der Waals surface area contributed by atoms with Crippen LogP contribution in [0.5, 0.6) is 0 Å². The predicted molar refractivity (Wildman–Crippen MR) is 106 cm³/mol. The standard InChI is InChI=1S/C17H30N4.HI/c1-4-7-10-15(5-2)13-20-17(18-6-3)21-14-16-11-8-9-12-19-16;/h8-9,11-12,15H,4-7,10,13-14H2,1-3H3,(H2,18,20,21);1H. The molecular weight excluding hydrogens is 387 g/mol. The minimum Gasteiger partial charge on any atom is -0.357 e. The highest BCUT2D eigenvalue weighted by molar-refractivity contribution is 14.0. The molecule has 22 heavy (non-hydrogen) atoms. The summed E-state index contributed by atoms with van der Waals surface area (Å²) in [6.07, 6.45) is 6.89. The fourth-order valence-electron chi connectivity index (χ4n) is 2.18. The first-order chi connectivity index (χ1) is 10.3. The first-order valence-electron chi connectivity index (χ1n) is 8.22. The fourth-order valence-corrected chi connectivity index (χ4v) is 2.18. The van der Waals surface area contributed by atoms with Gasteiger partial charge < -0.3 is 10.6 Å². The van der Waals surface area contributed by atoms with Gasteiger partial charge in [-0.1, -0.05) is 39.2 Å². The van der Waals surface area contributed by atoms with Crippen molar-refractivity contribution in [3.63, 3.8) is 0 Å². The minimum absolute atomic E-state index is 0. The second kappa shape index (κ2) is 13.8. The Hall–Kier alpha value is -0.850. The third kappa shape index (κ3) is 9.23. The largest absolute Gasteiger partial charge is 0.357 e. The Balaban J connectivity index is 0.00000441. The second-order valence-corrected chi connectivity index (χ2v) is 5.31. The molecule has 1 heterocycles. The number of aromatic nitrogens is 1. The Labute approximate surface area is 152 Å². The van der Waals surface area contributed by atoms with Gasteiger partial charge in [-0.3, -0.25) is 4.98 Å². The zero-order valence-corrected chi connectivity index (χ0v) is 16.5. The van der Waals surface area contributed by atoms with Crippen molar-refractivity contribution in [1.29, 1.82) is 0 Å². The molecule has 0 fully saturated rings. The molecule has 1 aromatic heterocycles. The highest BCUT2D eigenvalue weighted by Crippen LogP contribution is 2.11. The predicted octanol–water partition coefficient (Wildman–Crippen LogP) is 3.97. The molecule has 0 amide bonds. The third-order valence-corrected chi connectivity index (χ3v) is 3.57. The van der Waals surface area contributed by atoms with Crippen LogP contribution in [0.25, 0.3) is 0 Å². The Morgan fingerprint density at radius 2 is 2.05 bits per heavy atom. The number of pyridine rings is 1. The van der Waals surface area contributed by atoms with Crippen LogP contribution in [0.1, 0.15) is 52.1 Å². The van der Waals surface area contributed by atoms with Crippen molar-refractivity contribution in [3.8, 4) is 0 Å². The normalized spacial score (nSPS) is 12.4. The lowest BCUT2D eigenvalue weighted by atomic mass is 9.99. The summed E-state index contributed by atoms with van der Waals surface area (Å²) in [5.74, 6) is 1.61. The quantitative estimate of drug-likeness (QED) is 0.363. The molecular formula is C17H31IN4. The van der Waals surface area contributed by atoms with E-state index in [-0.39, 0.29) is 24.0 Å². The molecule has 0 aliphatic heterocycles. The Morgan fingerprint density at radius 1 is 1.23 bits per heavy atom. The van der Waals surface area contributed by atoms with Crippen LogP contribution in [0.15, 0.2) is 29.4 Å². The topological polar surface area (TPSA) is 49.3 Å². The lowest BCUT2D eigenvalue weighted by Crippen LogP contribution is -2.39. The molecule has 1 aromatic rings. The average Bonchev–Trinajstić information content (AvgIpc) is 2.53. The van der Waals surface area contributed by atoms with Gasteiger partial charge >= 0.3 is 0 Å². The number of rotatable bonds is 9. The van der Waals surface area contributed by atoms with E-state index in [0.29, 0.717) is 6.54 Å². The molecule has 1 rings (SSSR count). The van der Waals surface area contributed by atoms with E-state index >= 15 is 0 Å². The van der Waals surface area contributed by atoms with Crippen molar-refractivity contribution >= 4 is 29.9 Å². The molecule has 5 heteroatoms. The Kier molecular flexibility index (Phi) is 13.3. The molecule has 0 saturated heterocycles. The Bertz CT molecular complexity index is 395. The first kappa shape index (κ1) is 21.1. The van der Waals surface area contributed by atoms with Crippen LogP contribution in [0.2, 0.25) is 0 Å². The van der Waals surface area contributed by atoms with Gasteiger partial charge in [-0.05, 0) is 31.4 Å². The van der Waals surface area contributed by atoms with E-state index in [1.165, 1.54) is 25.7 Å². The zero-order chi connectivity index (χ0) is 15.3. The van der Waals surface area contributed by atoms with E-state index in [4.69, 9.17) is 0 Å². The van der Waals surface area contributed by atoms with Crippen LogP contribution >= 0.6 is 24.0 Å². The SMILES string of the molecule is CCCCC(CC)CNC(=NCc1ccccn1)NCC.I. The maximum Gasteiger partial charge on any atom is 0.191 e. The maximum atomic E-state index is 4.60. The van der Waals surface area contributed by atoms with Crippen LogP contribution in [0, 0.1) is 5.92 Å². The summed E-state index contributed by atoms with van der Waals surface area (Å²) in [5.41, 5.74) is 0.993. The summed E-state index contributed by atoms with van der Waals surface area (Å²) in [6.45, 7) is 9.08. The second-order valence-electron chi connectivity index (χ2n) is 5.31. The highest BCUT2D eigenvalue weighted by atomic mass is 127. The molecule has 0 saturated carbocycles. The number of unbranched alkanes of at least 4 members (excludes halogenated alkanes) is 1. The summed E-state index contributed by atoms with van der Waals surface area (Å²) in [4.78, 5) is 8.90. The summed E-state index contributed by atoms with van der Waals surface area (Å²) in [7, 11) is 0. The van der Waals surface area contributed by atoms with Gasteiger partial charge in [-0.15, -0.1) is 24.0 Å². The van der Waals surface area contributed by atoms with Crippen LogP contribution in [0.4, 0.5) is 0 Å². The van der Waals surface area contributed by atoms with Crippen molar-refractivity contribution in [1.82, 2.24) is 15.6 Å². The van der Waals surface area contributed by atoms with Crippen LogP contribution in [-0.4, -0.2) is 24.0 Å². The lowest BCUT2D eigenvalue weighted by Gasteiger charge is -2.17. The molecule has 0 aromatic carbocycles. The fraction of sp³-hybridized carbons (Fsp3) is 0.647. The monoisotopic (exact) mass is 418 g/mol. The van der Waals surface area contributed by atoms with E-state index in [0.717, 1.165) is 30.7 Å². The van der Waals surface area contributed by atoms with Crippen LogP contribution < -0.4 is 10.6 Å². The Morgan fingerprint density at radius 3 is 2.64 bits per heavy atom. The third-order valence-electron chi connectivity index (χ3n) is 3.57. The van der Waals surface area contributed by atoms with Gasteiger partial charge in [0, 0.05) is 19.3 Å². The van der Waals surface area contributed by atoms with Crippen molar-refractivity contribution in [2.24, 2.45) is 10.9 Å². The number of hydrogen-bond acceptors (Lipinski definition) is 2. The number of aliphatic imine (C=N–C) groups is 1. The molecule has 0 spiro atoms. The van der Waals surface area contributed by atoms with Gasteiger partial charge in [-0.25, -0.2) is 4.99 Å². The number of hydrogen-bond donors (Lipinski definition) is 2. The van der Waals surface area contributed by atoms with E-state index in [1.807, 2.05) is 24.4 Å². The van der Waals surface area contributed by atoms with Gasteiger partial charge in [0.2, 0.25) is 0 Å². The maximum absolute atomic E-state index is 4.60. The molecule has 0 aliphatic rings. The average molecular weight is 418 g/mol. The van der Waals surface area contributed by atoms with Crippen molar-refractivity contribution in [2.45, 2.75) is 53.0 Å². The number of nitrogens with zero attached hydrogens (tertiary/aromatic N) is 2. The van der Waals surface area contributed by atoms with Crippen molar-refractivity contribution < 1.29 is 0 Å². The summed E-state index contributed by atoms with van der Waals surface area (Å²) in [6, 6.07) is 5.93. The van der Waals surface area contributed by atoms with E-state index in [9.17, 15) is 0 Å². The van der Waals surface area contributed by atoms with Crippen molar-refractivity contribution in [2.75, 3.05) is 13.1 Å². The van der Waals surface area contributed by atoms with Crippen molar-refractivity contribution in [3.05, 3.63) is 30.1 Å². The number of halogens is 1. The van der Waals surface area contributed by atoms with E-state index < -0.39 is 0 Å². The molecule has 0 radical (unpaired) electrons. The van der Waals surface area contributed by atoms with Gasteiger partial charge in [0.15, 0.2) is 5.96 Å². The van der Waals surface area contributed by atoms with Gasteiger partial charge in [-0.2, -0.15) is 0 Å². The van der Waals surface area contributed by atoms with E-state index in [1.54, 1.807) is 0 Å². The minimum atomic E-state index is 0. The summed E-state index contributed by atoms with van der Waals surface area (Å²) >= 11 is 0. The molecule has 126 valence electrons. The molecule has 1 unspecified atom stereocenters. The molecule has 0 aliphatic carbocycles. The van der Waals surface area contributed by atoms with Crippen LogP contribution in [0.3, 0.4) is 0 Å². The zero-order valence-electron chi connectivity index (χ0n) is 14.1. The first-order valence-corrected chi connectivity index (χ1v) is 8.22. The molecule has 0 bridgehead atoms. The highest BCUT2D eigenvalue weighted by Gasteiger charge is 2.06. The summed E-state index contributed by atoms with van der Waals surface area (Å²) in [5, 5.41) is 6.76.